The molecule has 0 saturated heterocycles. The molecule has 0 atom stereocenters. The van der Waals surface area contributed by atoms with Crippen LogP contribution >= 0.6 is 0 Å². The molecule has 6 nitrogen and oxygen atoms in total. The van der Waals surface area contributed by atoms with E-state index in [9.17, 15) is 4.39 Å². The van der Waals surface area contributed by atoms with Crippen LogP contribution in [0.15, 0.2) is 97.5 Å². The lowest BCUT2D eigenvalue weighted by atomic mass is 9.86. The third-order valence-corrected chi connectivity index (χ3v) is 8.06. The van der Waals surface area contributed by atoms with Crippen LogP contribution in [-0.4, -0.2) is 25.1 Å². The Morgan fingerprint density at radius 3 is 2.69 bits per heavy atom. The van der Waals surface area contributed by atoms with Crippen LogP contribution in [0.1, 0.15) is 51.1 Å². The molecule has 1 fully saturated rings. The number of allylic oxidation sites excluding steroid dienone is 5. The van der Waals surface area contributed by atoms with Crippen molar-refractivity contribution in [3.63, 3.8) is 0 Å². The molecule has 212 valence electrons. The van der Waals surface area contributed by atoms with E-state index < -0.39 is 0 Å². The van der Waals surface area contributed by atoms with Crippen molar-refractivity contribution in [3.8, 4) is 22.6 Å². The standard InChI is InChI=1S/C35H35FN6/c1-4-24(20-25(5-2)38-22(3)19-23-11-7-6-8-12-23)29-15-16-31-34(40-29)35(42-41-31)32-21-27-30(39-32)17-18-37-33(27)26-13-9-10-14-28(26)36/h4-5,9-10,13-18,20-21,23,38-39H,2-3,6-8,11-12,19H2,1H3,(H,41,42)/b24-4+,25-20+. The number of pyridine rings is 2. The first kappa shape index (κ1) is 27.4. The lowest BCUT2D eigenvalue weighted by Gasteiger charge is -2.23. The maximum absolute atomic E-state index is 14.6. The number of nitrogens with zero attached hydrogens (tertiary/aromatic N) is 3. The zero-order valence-electron chi connectivity index (χ0n) is 23.9. The number of benzene rings is 1. The Kier molecular flexibility index (Phi) is 7.82. The minimum atomic E-state index is -0.311. The van der Waals surface area contributed by atoms with Gasteiger partial charge in [-0.1, -0.05) is 63.5 Å². The number of aromatic amines is 2. The van der Waals surface area contributed by atoms with Gasteiger partial charge in [-0.2, -0.15) is 5.10 Å². The summed E-state index contributed by atoms with van der Waals surface area (Å²) < 4.78 is 14.6. The second-order valence-corrected chi connectivity index (χ2v) is 10.9. The second kappa shape index (κ2) is 12.0. The molecule has 3 N–H and O–H groups in total. The summed E-state index contributed by atoms with van der Waals surface area (Å²) in [6.07, 6.45) is 15.1. The number of fused-ring (bicyclic) bond motifs is 2. The van der Waals surface area contributed by atoms with Gasteiger partial charge in [0.05, 0.1) is 22.6 Å². The molecule has 0 spiro atoms. The molecular formula is C35H35FN6. The van der Waals surface area contributed by atoms with Gasteiger partial charge in [-0.25, -0.2) is 9.37 Å². The SMILES string of the molecule is C=C/C(=C\C(=C/C)c1ccc2[nH]nc(-c3cc4c(-c5ccccc5F)nccc4[nH]3)c2n1)NC(=C)CC1CCCCC1. The van der Waals surface area contributed by atoms with Crippen molar-refractivity contribution in [1.29, 1.82) is 0 Å². The van der Waals surface area contributed by atoms with E-state index in [-0.39, 0.29) is 5.82 Å². The zero-order valence-corrected chi connectivity index (χ0v) is 23.9. The van der Waals surface area contributed by atoms with Gasteiger partial charge in [0, 0.05) is 34.1 Å². The topological polar surface area (TPSA) is 82.3 Å². The molecule has 1 aliphatic carbocycles. The number of rotatable bonds is 9. The Labute approximate surface area is 245 Å². The normalized spacial score (nSPS) is 14.9. The van der Waals surface area contributed by atoms with E-state index in [0.717, 1.165) is 56.7 Å². The van der Waals surface area contributed by atoms with E-state index in [1.807, 2.05) is 49.4 Å². The molecule has 5 aromatic rings. The number of halogens is 1. The molecule has 1 aromatic carbocycles. The molecule has 42 heavy (non-hydrogen) atoms. The zero-order chi connectivity index (χ0) is 29.1. The molecule has 0 amide bonds. The van der Waals surface area contributed by atoms with Crippen LogP contribution in [0.4, 0.5) is 4.39 Å². The number of nitrogens with one attached hydrogen (secondary N) is 3. The lowest BCUT2D eigenvalue weighted by Crippen LogP contribution is -2.16. The van der Waals surface area contributed by atoms with E-state index in [0.29, 0.717) is 22.9 Å². The quantitative estimate of drug-likeness (QED) is 0.158. The highest BCUT2D eigenvalue weighted by atomic mass is 19.1. The van der Waals surface area contributed by atoms with Crippen molar-refractivity contribution in [2.75, 3.05) is 0 Å². The molecule has 7 heteroatoms. The highest BCUT2D eigenvalue weighted by Gasteiger charge is 2.18. The van der Waals surface area contributed by atoms with Crippen molar-refractivity contribution >= 4 is 27.5 Å². The monoisotopic (exact) mass is 558 g/mol. The third kappa shape index (κ3) is 5.55. The summed E-state index contributed by atoms with van der Waals surface area (Å²) in [7, 11) is 0. The van der Waals surface area contributed by atoms with E-state index in [4.69, 9.17) is 4.98 Å². The fraction of sp³-hybridized carbons (Fsp3) is 0.229. The molecule has 1 saturated carbocycles. The minimum absolute atomic E-state index is 0.311. The predicted molar refractivity (Wildman–Crippen MR) is 170 cm³/mol. The summed E-state index contributed by atoms with van der Waals surface area (Å²) in [5, 5.41) is 12.0. The van der Waals surface area contributed by atoms with Gasteiger partial charge in [0.25, 0.3) is 0 Å². The molecule has 4 heterocycles. The number of hydrogen-bond acceptors (Lipinski definition) is 4. The Hall–Kier alpha value is -4.78. The Balaban J connectivity index is 1.31. The maximum Gasteiger partial charge on any atom is 0.135 e. The number of H-pyrrole nitrogens is 2. The Bertz CT molecular complexity index is 1830. The van der Waals surface area contributed by atoms with E-state index in [1.54, 1.807) is 18.3 Å². The molecule has 4 aromatic heterocycles. The van der Waals surface area contributed by atoms with Crippen molar-refractivity contribution in [2.45, 2.75) is 45.4 Å². The van der Waals surface area contributed by atoms with Gasteiger partial charge in [-0.3, -0.25) is 10.1 Å². The molecule has 0 radical (unpaired) electrons. The summed E-state index contributed by atoms with van der Waals surface area (Å²) in [6, 6.07) is 14.5. The Morgan fingerprint density at radius 2 is 1.90 bits per heavy atom. The van der Waals surface area contributed by atoms with E-state index >= 15 is 0 Å². The van der Waals surface area contributed by atoms with Crippen molar-refractivity contribution in [2.24, 2.45) is 5.92 Å². The third-order valence-electron chi connectivity index (χ3n) is 8.06. The first-order chi connectivity index (χ1) is 20.5. The van der Waals surface area contributed by atoms with E-state index in [2.05, 4.69) is 44.7 Å². The minimum Gasteiger partial charge on any atom is -0.359 e. The van der Waals surface area contributed by atoms with Gasteiger partial charge in [0.1, 0.15) is 17.0 Å². The first-order valence-corrected chi connectivity index (χ1v) is 14.6. The van der Waals surface area contributed by atoms with Gasteiger partial charge in [-0.05, 0) is 73.4 Å². The van der Waals surface area contributed by atoms with Crippen LogP contribution < -0.4 is 5.32 Å². The van der Waals surface area contributed by atoms with Crippen LogP contribution in [0.25, 0.3) is 50.2 Å². The lowest BCUT2D eigenvalue weighted by molar-refractivity contribution is 0.353. The maximum atomic E-state index is 14.6. The fourth-order valence-electron chi connectivity index (χ4n) is 5.91. The average molecular weight is 559 g/mol. The van der Waals surface area contributed by atoms with Crippen LogP contribution in [-0.2, 0) is 0 Å². The summed E-state index contributed by atoms with van der Waals surface area (Å²) in [6.45, 7) is 10.3. The van der Waals surface area contributed by atoms with Crippen molar-refractivity contribution in [3.05, 3.63) is 109 Å². The van der Waals surface area contributed by atoms with Gasteiger partial charge in [-0.15, -0.1) is 0 Å². The first-order valence-electron chi connectivity index (χ1n) is 14.6. The highest BCUT2D eigenvalue weighted by Crippen LogP contribution is 2.34. The summed E-state index contributed by atoms with van der Waals surface area (Å²) in [5.74, 6) is 0.396. The highest BCUT2D eigenvalue weighted by molar-refractivity contribution is 5.99. The largest absolute Gasteiger partial charge is 0.359 e. The smallest absolute Gasteiger partial charge is 0.135 e. The summed E-state index contributed by atoms with van der Waals surface area (Å²) in [5.41, 5.74) is 8.59. The molecule has 1 aliphatic rings. The fourth-order valence-corrected chi connectivity index (χ4v) is 5.91. The summed E-state index contributed by atoms with van der Waals surface area (Å²) in [4.78, 5) is 12.9. The summed E-state index contributed by atoms with van der Waals surface area (Å²) >= 11 is 0. The van der Waals surface area contributed by atoms with Gasteiger partial charge >= 0.3 is 0 Å². The average Bonchev–Trinajstić information content (AvgIpc) is 3.64. The van der Waals surface area contributed by atoms with Gasteiger partial charge in [0.2, 0.25) is 0 Å². The van der Waals surface area contributed by atoms with Crippen LogP contribution in [0.3, 0.4) is 0 Å². The molecule has 6 rings (SSSR count). The number of aromatic nitrogens is 5. The molecule has 0 unspecified atom stereocenters. The molecule has 0 aliphatic heterocycles. The Morgan fingerprint density at radius 1 is 1.07 bits per heavy atom. The second-order valence-electron chi connectivity index (χ2n) is 10.9. The van der Waals surface area contributed by atoms with E-state index in [1.165, 1.54) is 38.2 Å². The van der Waals surface area contributed by atoms with Crippen LogP contribution in [0, 0.1) is 11.7 Å². The van der Waals surface area contributed by atoms with Crippen LogP contribution in [0.5, 0.6) is 0 Å². The van der Waals surface area contributed by atoms with Gasteiger partial charge in [0.15, 0.2) is 0 Å². The van der Waals surface area contributed by atoms with Crippen LogP contribution in [0.2, 0.25) is 0 Å². The van der Waals surface area contributed by atoms with Crippen molar-refractivity contribution in [1.82, 2.24) is 30.5 Å². The number of hydrogen-bond donors (Lipinski definition) is 3. The predicted octanol–water partition coefficient (Wildman–Crippen LogP) is 8.85. The molecule has 0 bridgehead atoms. The van der Waals surface area contributed by atoms with Gasteiger partial charge < -0.3 is 10.3 Å². The molecular weight excluding hydrogens is 523 g/mol. The van der Waals surface area contributed by atoms with Crippen molar-refractivity contribution < 1.29 is 4.39 Å².